The van der Waals surface area contributed by atoms with E-state index >= 15 is 0 Å². The molecule has 0 N–H and O–H groups in total. The van der Waals surface area contributed by atoms with Gasteiger partial charge < -0.3 is 4.90 Å². The number of hydrogen-bond acceptors (Lipinski definition) is 4. The maximum Gasteiger partial charge on any atom is 0.262 e. The van der Waals surface area contributed by atoms with E-state index in [2.05, 4.69) is 4.98 Å². The number of carbonyl (C=O) groups is 1. The van der Waals surface area contributed by atoms with Crippen LogP contribution in [0.15, 0.2) is 34.2 Å². The average molecular weight is 347 g/mol. The van der Waals surface area contributed by atoms with E-state index < -0.39 is 0 Å². The quantitative estimate of drug-likeness (QED) is 0.570. The fraction of sp³-hybridized carbons (Fsp3) is 0.500. The molecule has 0 aliphatic heterocycles. The van der Waals surface area contributed by atoms with Crippen molar-refractivity contribution in [3.8, 4) is 0 Å². The smallest absolute Gasteiger partial charge is 0.262 e. The minimum atomic E-state index is -0.277. The Morgan fingerprint density at radius 1 is 1.25 bits per heavy atom. The molecule has 1 aromatic carbocycles. The lowest BCUT2D eigenvalue weighted by Gasteiger charge is -2.23. The number of thioether (sulfide) groups is 1. The minimum absolute atomic E-state index is 0.0348. The molecule has 1 amide bonds. The van der Waals surface area contributed by atoms with Crippen molar-refractivity contribution in [3.63, 3.8) is 0 Å². The van der Waals surface area contributed by atoms with E-state index in [-0.39, 0.29) is 16.7 Å². The van der Waals surface area contributed by atoms with Crippen molar-refractivity contribution in [2.24, 2.45) is 0 Å². The van der Waals surface area contributed by atoms with Crippen LogP contribution in [0.1, 0.15) is 34.1 Å². The Morgan fingerprint density at radius 3 is 2.54 bits per heavy atom. The molecular weight excluding hydrogens is 322 g/mol. The molecule has 0 aliphatic carbocycles. The Labute approximate surface area is 147 Å². The van der Waals surface area contributed by atoms with Crippen LogP contribution in [0, 0.1) is 0 Å². The first-order valence-corrected chi connectivity index (χ1v) is 9.36. The highest BCUT2D eigenvalue weighted by Crippen LogP contribution is 2.24. The maximum atomic E-state index is 12.8. The van der Waals surface area contributed by atoms with Gasteiger partial charge in [-0.1, -0.05) is 30.8 Å². The Balaban J connectivity index is 2.41. The second kappa shape index (κ2) is 8.33. The summed E-state index contributed by atoms with van der Waals surface area (Å²) in [5.41, 5.74) is 0.646. The van der Waals surface area contributed by atoms with Gasteiger partial charge in [0.1, 0.15) is 0 Å². The molecule has 0 saturated carbocycles. The summed E-state index contributed by atoms with van der Waals surface area (Å²) >= 11 is 1.37. The summed E-state index contributed by atoms with van der Waals surface area (Å²) < 4.78 is 1.69. The van der Waals surface area contributed by atoms with Crippen molar-refractivity contribution in [3.05, 3.63) is 34.6 Å². The van der Waals surface area contributed by atoms with Crippen molar-refractivity contribution < 1.29 is 4.79 Å². The van der Waals surface area contributed by atoms with E-state index in [4.69, 9.17) is 0 Å². The summed E-state index contributed by atoms with van der Waals surface area (Å²) in [7, 11) is 0. The average Bonchev–Trinajstić information content (AvgIpc) is 2.59. The van der Waals surface area contributed by atoms with E-state index in [9.17, 15) is 9.59 Å². The summed E-state index contributed by atoms with van der Waals surface area (Å²) in [5.74, 6) is 0.0791. The summed E-state index contributed by atoms with van der Waals surface area (Å²) in [6, 6.07) is 7.36. The molecule has 2 aromatic rings. The molecular formula is C18H25N3O2S. The Kier molecular flexibility index (Phi) is 6.43. The highest BCUT2D eigenvalue weighted by atomic mass is 32.2. The zero-order valence-electron chi connectivity index (χ0n) is 14.8. The number of amides is 1. The number of benzene rings is 1. The van der Waals surface area contributed by atoms with E-state index in [1.54, 1.807) is 15.5 Å². The Bertz CT molecular complexity index is 768. The van der Waals surface area contributed by atoms with Gasteiger partial charge in [-0.05, 0) is 39.3 Å². The molecule has 5 nitrogen and oxygen atoms in total. The predicted molar refractivity (Wildman–Crippen MR) is 99.5 cm³/mol. The SMILES string of the molecule is CCCn1c(SC(C)C(=O)N(CC)CC)nc2ccccc2c1=O. The third-order valence-electron chi connectivity index (χ3n) is 3.98. The molecule has 1 heterocycles. The number of nitrogens with zero attached hydrogens (tertiary/aromatic N) is 3. The monoisotopic (exact) mass is 347 g/mol. The van der Waals surface area contributed by atoms with Crippen LogP contribution in [-0.4, -0.2) is 38.7 Å². The van der Waals surface area contributed by atoms with Gasteiger partial charge in [-0.3, -0.25) is 14.2 Å². The molecule has 0 spiro atoms. The van der Waals surface area contributed by atoms with E-state index in [0.29, 0.717) is 35.7 Å². The van der Waals surface area contributed by atoms with Crippen LogP contribution >= 0.6 is 11.8 Å². The Morgan fingerprint density at radius 2 is 1.92 bits per heavy atom. The van der Waals surface area contributed by atoms with Crippen molar-refractivity contribution in [2.45, 2.75) is 51.1 Å². The van der Waals surface area contributed by atoms with Crippen molar-refractivity contribution in [2.75, 3.05) is 13.1 Å². The Hall–Kier alpha value is -1.82. The van der Waals surface area contributed by atoms with Crippen molar-refractivity contribution in [1.29, 1.82) is 0 Å². The molecule has 1 atom stereocenters. The topological polar surface area (TPSA) is 55.2 Å². The number of hydrogen-bond donors (Lipinski definition) is 0. The molecule has 0 fully saturated rings. The predicted octanol–water partition coefficient (Wildman–Crippen LogP) is 3.16. The first-order chi connectivity index (χ1) is 11.5. The third kappa shape index (κ3) is 3.80. The molecule has 0 radical (unpaired) electrons. The van der Waals surface area contributed by atoms with Crippen LogP contribution in [0.2, 0.25) is 0 Å². The van der Waals surface area contributed by atoms with E-state index in [1.807, 2.05) is 45.9 Å². The van der Waals surface area contributed by atoms with Crippen molar-refractivity contribution in [1.82, 2.24) is 14.5 Å². The summed E-state index contributed by atoms with van der Waals surface area (Å²) in [5, 5.41) is 0.965. The standard InChI is InChI=1S/C18H25N3O2S/c1-5-12-21-17(23)14-10-8-9-11-15(14)19-18(21)24-13(4)16(22)20(6-2)7-3/h8-11,13H,5-7,12H2,1-4H3. The molecule has 1 unspecified atom stereocenters. The number of aromatic nitrogens is 2. The maximum absolute atomic E-state index is 12.8. The fourth-order valence-corrected chi connectivity index (χ4v) is 3.68. The summed E-state index contributed by atoms with van der Waals surface area (Å²) in [6.45, 7) is 9.83. The highest BCUT2D eigenvalue weighted by molar-refractivity contribution is 8.00. The summed E-state index contributed by atoms with van der Waals surface area (Å²) in [4.78, 5) is 31.7. The largest absolute Gasteiger partial charge is 0.342 e. The summed E-state index contributed by atoms with van der Waals surface area (Å²) in [6.07, 6.45) is 0.839. The molecule has 0 bridgehead atoms. The molecule has 0 aliphatic rings. The second-order valence-electron chi connectivity index (χ2n) is 5.64. The van der Waals surface area contributed by atoms with Gasteiger partial charge in [0.05, 0.1) is 16.2 Å². The first kappa shape index (κ1) is 18.5. The molecule has 1 aromatic heterocycles. The van der Waals surface area contributed by atoms with Gasteiger partial charge in [0.2, 0.25) is 5.91 Å². The van der Waals surface area contributed by atoms with Gasteiger partial charge >= 0.3 is 0 Å². The zero-order valence-corrected chi connectivity index (χ0v) is 15.6. The van der Waals surface area contributed by atoms with Crippen LogP contribution < -0.4 is 5.56 Å². The minimum Gasteiger partial charge on any atom is -0.342 e. The zero-order chi connectivity index (χ0) is 17.7. The van der Waals surface area contributed by atoms with Crippen LogP contribution in [0.5, 0.6) is 0 Å². The van der Waals surface area contributed by atoms with Gasteiger partial charge in [-0.25, -0.2) is 4.98 Å². The van der Waals surface area contributed by atoms with E-state index in [0.717, 1.165) is 6.42 Å². The van der Waals surface area contributed by atoms with Crippen molar-refractivity contribution >= 4 is 28.6 Å². The lowest BCUT2D eigenvalue weighted by molar-refractivity contribution is -0.129. The van der Waals surface area contributed by atoms with Gasteiger partial charge in [-0.2, -0.15) is 0 Å². The van der Waals surface area contributed by atoms with Gasteiger partial charge in [-0.15, -0.1) is 0 Å². The number of fused-ring (bicyclic) bond motifs is 1. The van der Waals surface area contributed by atoms with Crippen LogP contribution in [0.4, 0.5) is 0 Å². The van der Waals surface area contributed by atoms with E-state index in [1.165, 1.54) is 11.8 Å². The molecule has 24 heavy (non-hydrogen) atoms. The number of carbonyl (C=O) groups excluding carboxylic acids is 1. The highest BCUT2D eigenvalue weighted by Gasteiger charge is 2.22. The molecule has 130 valence electrons. The molecule has 0 saturated heterocycles. The van der Waals surface area contributed by atoms with Crippen LogP contribution in [0.25, 0.3) is 10.9 Å². The molecule has 6 heteroatoms. The normalized spacial score (nSPS) is 12.3. The fourth-order valence-electron chi connectivity index (χ4n) is 2.66. The second-order valence-corrected chi connectivity index (χ2v) is 6.95. The molecule has 2 rings (SSSR count). The van der Waals surface area contributed by atoms with Crippen LogP contribution in [-0.2, 0) is 11.3 Å². The number of para-hydroxylation sites is 1. The van der Waals surface area contributed by atoms with Gasteiger partial charge in [0.25, 0.3) is 5.56 Å². The van der Waals surface area contributed by atoms with Crippen LogP contribution in [0.3, 0.4) is 0 Å². The lowest BCUT2D eigenvalue weighted by Crippen LogP contribution is -2.36. The first-order valence-electron chi connectivity index (χ1n) is 8.48. The number of rotatable bonds is 7. The third-order valence-corrected chi connectivity index (χ3v) is 5.06. The lowest BCUT2D eigenvalue weighted by atomic mass is 10.2. The van der Waals surface area contributed by atoms with Gasteiger partial charge in [0, 0.05) is 19.6 Å². The van der Waals surface area contributed by atoms with Gasteiger partial charge in [0.15, 0.2) is 5.16 Å².